The summed E-state index contributed by atoms with van der Waals surface area (Å²) < 4.78 is 9.70. The molecule has 1 aliphatic rings. The fourth-order valence-electron chi connectivity index (χ4n) is 3.04. The van der Waals surface area contributed by atoms with Crippen LogP contribution >= 0.6 is 23.2 Å². The highest BCUT2D eigenvalue weighted by Gasteiger charge is 2.36. The van der Waals surface area contributed by atoms with Crippen LogP contribution in [-0.4, -0.2) is 44.0 Å². The number of nitrogens with one attached hydrogen (secondary N) is 1. The van der Waals surface area contributed by atoms with Gasteiger partial charge in [0.05, 0.1) is 29.3 Å². The summed E-state index contributed by atoms with van der Waals surface area (Å²) in [6.07, 6.45) is -0.0395. The predicted molar refractivity (Wildman–Crippen MR) is 114 cm³/mol. The molecule has 1 saturated heterocycles. The number of anilines is 2. The van der Waals surface area contributed by atoms with Crippen LogP contribution in [0.25, 0.3) is 0 Å². The summed E-state index contributed by atoms with van der Waals surface area (Å²) in [4.78, 5) is 49.6. The highest BCUT2D eigenvalue weighted by Crippen LogP contribution is 2.27. The number of hydrogen-bond acceptors (Lipinski definition) is 6. The van der Waals surface area contributed by atoms with Crippen molar-refractivity contribution < 1.29 is 28.7 Å². The maximum Gasteiger partial charge on any atom is 0.337 e. The van der Waals surface area contributed by atoms with Crippen molar-refractivity contribution in [2.45, 2.75) is 6.42 Å². The summed E-state index contributed by atoms with van der Waals surface area (Å²) in [5, 5.41) is 3.20. The van der Waals surface area contributed by atoms with Gasteiger partial charge in [0.1, 0.15) is 0 Å². The van der Waals surface area contributed by atoms with Gasteiger partial charge >= 0.3 is 11.9 Å². The summed E-state index contributed by atoms with van der Waals surface area (Å²) in [6, 6.07) is 10.8. The lowest BCUT2D eigenvalue weighted by molar-refractivity contribution is -0.151. The molecule has 0 aliphatic carbocycles. The van der Waals surface area contributed by atoms with E-state index >= 15 is 0 Å². The second kappa shape index (κ2) is 9.80. The van der Waals surface area contributed by atoms with Crippen LogP contribution in [0.1, 0.15) is 16.8 Å². The maximum absolute atomic E-state index is 12.3. The smallest absolute Gasteiger partial charge is 0.337 e. The van der Waals surface area contributed by atoms with Crippen LogP contribution in [0, 0.1) is 5.92 Å². The van der Waals surface area contributed by atoms with E-state index in [0.29, 0.717) is 22.0 Å². The number of methoxy groups -OCH3 is 1. The molecular weight excluding hydrogens is 447 g/mol. The highest BCUT2D eigenvalue weighted by atomic mass is 35.5. The van der Waals surface area contributed by atoms with E-state index in [4.69, 9.17) is 27.9 Å². The molecule has 2 aromatic carbocycles. The van der Waals surface area contributed by atoms with Crippen LogP contribution in [0.4, 0.5) is 11.4 Å². The predicted octanol–water partition coefficient (Wildman–Crippen LogP) is 3.31. The third kappa shape index (κ3) is 5.53. The molecule has 0 unspecified atom stereocenters. The van der Waals surface area contributed by atoms with E-state index in [-0.39, 0.29) is 23.9 Å². The van der Waals surface area contributed by atoms with Gasteiger partial charge in [-0.2, -0.15) is 0 Å². The van der Waals surface area contributed by atoms with Gasteiger partial charge < -0.3 is 19.7 Å². The van der Waals surface area contributed by atoms with Gasteiger partial charge in [0.2, 0.25) is 5.91 Å². The van der Waals surface area contributed by atoms with Crippen molar-refractivity contribution in [3.8, 4) is 0 Å². The number of nitrogens with zero attached hydrogens (tertiary/aromatic N) is 1. The van der Waals surface area contributed by atoms with Crippen molar-refractivity contribution in [3.63, 3.8) is 0 Å². The molecule has 1 aliphatic heterocycles. The standard InChI is InChI=1S/C21H18Cl2N2O6/c1-30-20(28)12-2-5-15(6-3-12)25-10-13(8-19(25)27)21(29)31-11-18(26)24-17-7-4-14(22)9-16(17)23/h2-7,9,13H,8,10-11H2,1H3,(H,24,26)/t13-/m1/s1. The summed E-state index contributed by atoms with van der Waals surface area (Å²) in [5.74, 6) is -2.68. The number of rotatable bonds is 6. The van der Waals surface area contributed by atoms with E-state index in [9.17, 15) is 19.2 Å². The van der Waals surface area contributed by atoms with Crippen LogP contribution in [-0.2, 0) is 23.9 Å². The van der Waals surface area contributed by atoms with Crippen LogP contribution < -0.4 is 10.2 Å². The minimum Gasteiger partial charge on any atom is -0.465 e. The van der Waals surface area contributed by atoms with Crippen molar-refractivity contribution in [2.24, 2.45) is 5.92 Å². The fourth-order valence-corrected chi connectivity index (χ4v) is 3.50. The molecule has 1 heterocycles. The zero-order valence-corrected chi connectivity index (χ0v) is 17.9. The molecule has 0 spiro atoms. The Morgan fingerprint density at radius 2 is 1.84 bits per heavy atom. The van der Waals surface area contributed by atoms with Gasteiger partial charge in [0.25, 0.3) is 5.91 Å². The average molecular weight is 465 g/mol. The van der Waals surface area contributed by atoms with Gasteiger partial charge in [-0.1, -0.05) is 23.2 Å². The first-order chi connectivity index (χ1) is 14.8. The molecule has 162 valence electrons. The first-order valence-corrected chi connectivity index (χ1v) is 9.94. The maximum atomic E-state index is 12.3. The Balaban J connectivity index is 1.54. The number of ether oxygens (including phenoxy) is 2. The van der Waals surface area contributed by atoms with E-state index < -0.39 is 30.4 Å². The molecule has 3 rings (SSSR count). The lowest BCUT2D eigenvalue weighted by Gasteiger charge is -2.17. The van der Waals surface area contributed by atoms with Crippen molar-refractivity contribution in [1.29, 1.82) is 0 Å². The third-order valence-electron chi connectivity index (χ3n) is 4.61. The summed E-state index contributed by atoms with van der Waals surface area (Å²) in [6.45, 7) is -0.407. The van der Waals surface area contributed by atoms with Gasteiger partial charge in [-0.05, 0) is 42.5 Å². The Kier molecular flexibility index (Phi) is 7.14. The van der Waals surface area contributed by atoms with Gasteiger partial charge in [-0.15, -0.1) is 0 Å². The lowest BCUT2D eigenvalue weighted by Crippen LogP contribution is -2.28. The molecular formula is C21H18Cl2N2O6. The SMILES string of the molecule is COC(=O)c1ccc(N2C[C@H](C(=O)OCC(=O)Nc3ccc(Cl)cc3Cl)CC2=O)cc1. The number of carbonyl (C=O) groups excluding carboxylic acids is 4. The number of hydrogen-bond donors (Lipinski definition) is 1. The molecule has 2 aromatic rings. The zero-order valence-electron chi connectivity index (χ0n) is 16.4. The lowest BCUT2D eigenvalue weighted by atomic mass is 10.1. The Morgan fingerprint density at radius 1 is 1.13 bits per heavy atom. The molecule has 31 heavy (non-hydrogen) atoms. The Labute approximate surface area is 188 Å². The van der Waals surface area contributed by atoms with E-state index in [1.54, 1.807) is 18.2 Å². The van der Waals surface area contributed by atoms with Gasteiger partial charge in [-0.25, -0.2) is 4.79 Å². The van der Waals surface area contributed by atoms with E-state index in [2.05, 4.69) is 10.1 Å². The second-order valence-electron chi connectivity index (χ2n) is 6.72. The first kappa shape index (κ1) is 22.6. The molecule has 10 heteroatoms. The largest absolute Gasteiger partial charge is 0.465 e. The number of amides is 2. The van der Waals surface area contributed by atoms with Gasteiger partial charge in [0.15, 0.2) is 6.61 Å². The number of esters is 2. The van der Waals surface area contributed by atoms with Gasteiger partial charge in [-0.3, -0.25) is 14.4 Å². The Bertz CT molecular complexity index is 1030. The van der Waals surface area contributed by atoms with Crippen molar-refractivity contribution in [1.82, 2.24) is 0 Å². The topological polar surface area (TPSA) is 102 Å². The number of carbonyl (C=O) groups is 4. The molecule has 1 atom stereocenters. The zero-order chi connectivity index (χ0) is 22.5. The third-order valence-corrected chi connectivity index (χ3v) is 5.16. The van der Waals surface area contributed by atoms with Crippen LogP contribution in [0.2, 0.25) is 10.0 Å². The van der Waals surface area contributed by atoms with Crippen molar-refractivity contribution >= 4 is 58.3 Å². The van der Waals surface area contributed by atoms with Crippen molar-refractivity contribution in [3.05, 3.63) is 58.1 Å². The Morgan fingerprint density at radius 3 is 2.48 bits per heavy atom. The fraction of sp³-hybridized carbons (Fsp3) is 0.238. The quantitative estimate of drug-likeness (QED) is 0.657. The summed E-state index contributed by atoms with van der Waals surface area (Å²) in [5.41, 5.74) is 1.23. The molecule has 8 nitrogen and oxygen atoms in total. The minimum absolute atomic E-state index is 0.0395. The molecule has 1 N–H and O–H groups in total. The molecule has 1 fully saturated rings. The first-order valence-electron chi connectivity index (χ1n) is 9.18. The number of halogens is 2. The molecule has 2 amide bonds. The van der Waals surface area contributed by atoms with Crippen molar-refractivity contribution in [2.75, 3.05) is 30.5 Å². The van der Waals surface area contributed by atoms with E-state index in [0.717, 1.165) is 0 Å². The van der Waals surface area contributed by atoms with Crippen LogP contribution in [0.3, 0.4) is 0 Å². The average Bonchev–Trinajstić information content (AvgIpc) is 3.15. The minimum atomic E-state index is -0.709. The summed E-state index contributed by atoms with van der Waals surface area (Å²) >= 11 is 11.8. The highest BCUT2D eigenvalue weighted by molar-refractivity contribution is 6.36. The van der Waals surface area contributed by atoms with E-state index in [1.807, 2.05) is 0 Å². The normalized spacial score (nSPS) is 15.5. The molecule has 0 bridgehead atoms. The van der Waals surface area contributed by atoms with Crippen LogP contribution in [0.5, 0.6) is 0 Å². The molecule has 0 saturated carbocycles. The Hall–Kier alpha value is -3.10. The molecule has 0 radical (unpaired) electrons. The van der Waals surface area contributed by atoms with E-state index in [1.165, 1.54) is 36.3 Å². The van der Waals surface area contributed by atoms with Crippen LogP contribution in [0.15, 0.2) is 42.5 Å². The summed E-state index contributed by atoms with van der Waals surface area (Å²) in [7, 11) is 1.28. The molecule has 0 aromatic heterocycles. The number of benzene rings is 2. The second-order valence-corrected chi connectivity index (χ2v) is 7.57. The monoisotopic (exact) mass is 464 g/mol. The van der Waals surface area contributed by atoms with Gasteiger partial charge in [0, 0.05) is 23.7 Å².